The number of aliphatic hydroxyl groups excluding tert-OH is 1. The van der Waals surface area contributed by atoms with Crippen molar-refractivity contribution in [2.45, 2.75) is 57.5 Å². The van der Waals surface area contributed by atoms with Crippen LogP contribution in [-0.2, 0) is 6.42 Å². The van der Waals surface area contributed by atoms with Crippen LogP contribution in [0.2, 0.25) is 5.02 Å². The standard InChI is InChI=1S/C21H31ClN2O2/c1-23-13-17(25)10-16-6-7-19(22)18(11-16)20(26)24-14-21-8-2-4-15(12-21)5-3-9-21/h6-7,11,15,17,23,25H,2-5,8-10,12-14H2,1H3,(H,24,26)/t15?,17-,21?/m0/s1. The Morgan fingerprint density at radius 3 is 2.77 bits per heavy atom. The Kier molecular flexibility index (Phi) is 6.60. The van der Waals surface area contributed by atoms with Crippen molar-refractivity contribution in [2.24, 2.45) is 11.3 Å². The maximum atomic E-state index is 12.8. The number of hydrogen-bond donors (Lipinski definition) is 3. The van der Waals surface area contributed by atoms with Gasteiger partial charge in [-0.05, 0) is 61.8 Å². The molecule has 0 aliphatic heterocycles. The van der Waals surface area contributed by atoms with Gasteiger partial charge in [0.15, 0.2) is 0 Å². The molecule has 2 saturated carbocycles. The lowest BCUT2D eigenvalue weighted by atomic mass is 9.62. The van der Waals surface area contributed by atoms with Crippen molar-refractivity contribution in [3.8, 4) is 0 Å². The van der Waals surface area contributed by atoms with Crippen molar-refractivity contribution in [1.82, 2.24) is 10.6 Å². The van der Waals surface area contributed by atoms with Crippen LogP contribution in [0.25, 0.3) is 0 Å². The van der Waals surface area contributed by atoms with Crippen molar-refractivity contribution < 1.29 is 9.90 Å². The second kappa shape index (κ2) is 8.73. The van der Waals surface area contributed by atoms with Gasteiger partial charge in [-0.2, -0.15) is 0 Å². The second-order valence-electron chi connectivity index (χ2n) is 8.27. The van der Waals surface area contributed by atoms with Gasteiger partial charge in [-0.15, -0.1) is 0 Å². The third kappa shape index (κ3) is 4.79. The Labute approximate surface area is 161 Å². The summed E-state index contributed by atoms with van der Waals surface area (Å²) in [6.07, 6.45) is 9.05. The van der Waals surface area contributed by atoms with Gasteiger partial charge in [-0.25, -0.2) is 0 Å². The number of amides is 1. The van der Waals surface area contributed by atoms with E-state index in [0.717, 1.165) is 18.0 Å². The SMILES string of the molecule is CNC[C@@H](O)Cc1ccc(Cl)c(C(=O)NCC23CCCC(CCC2)C3)c1. The Hall–Kier alpha value is -1.10. The highest BCUT2D eigenvalue weighted by atomic mass is 35.5. The molecule has 3 N–H and O–H groups in total. The number of nitrogens with one attached hydrogen (secondary N) is 2. The van der Waals surface area contributed by atoms with Crippen LogP contribution < -0.4 is 10.6 Å². The smallest absolute Gasteiger partial charge is 0.252 e. The summed E-state index contributed by atoms with van der Waals surface area (Å²) >= 11 is 6.28. The second-order valence-corrected chi connectivity index (χ2v) is 8.67. The normalized spacial score (nSPS) is 26.3. The number of benzene rings is 1. The molecule has 0 saturated heterocycles. The lowest BCUT2D eigenvalue weighted by molar-refractivity contribution is 0.0681. The molecule has 2 bridgehead atoms. The van der Waals surface area contributed by atoms with Gasteiger partial charge in [0.05, 0.1) is 16.7 Å². The number of carbonyl (C=O) groups is 1. The zero-order valence-corrected chi connectivity index (χ0v) is 16.4. The van der Waals surface area contributed by atoms with E-state index in [2.05, 4.69) is 10.6 Å². The molecule has 1 aromatic rings. The van der Waals surface area contributed by atoms with E-state index < -0.39 is 6.10 Å². The van der Waals surface area contributed by atoms with E-state index >= 15 is 0 Å². The van der Waals surface area contributed by atoms with Crippen molar-refractivity contribution in [2.75, 3.05) is 20.1 Å². The van der Waals surface area contributed by atoms with Crippen LogP contribution in [0.4, 0.5) is 0 Å². The van der Waals surface area contributed by atoms with E-state index in [9.17, 15) is 9.90 Å². The molecule has 0 radical (unpaired) electrons. The molecule has 4 nitrogen and oxygen atoms in total. The summed E-state index contributed by atoms with van der Waals surface area (Å²) < 4.78 is 0. The number of hydrogen-bond acceptors (Lipinski definition) is 3. The summed E-state index contributed by atoms with van der Waals surface area (Å²) in [6, 6.07) is 5.45. The summed E-state index contributed by atoms with van der Waals surface area (Å²) in [5, 5.41) is 16.6. The zero-order valence-electron chi connectivity index (χ0n) is 15.7. The molecule has 1 amide bonds. The first-order valence-electron chi connectivity index (χ1n) is 9.91. The fourth-order valence-corrected chi connectivity index (χ4v) is 5.09. The number of likely N-dealkylation sites (N-methyl/N-ethyl adjacent to an activating group) is 1. The molecule has 1 atom stereocenters. The Morgan fingerprint density at radius 1 is 1.35 bits per heavy atom. The monoisotopic (exact) mass is 378 g/mol. The molecular formula is C21H31ClN2O2. The van der Waals surface area contributed by atoms with Gasteiger partial charge in [0.25, 0.3) is 5.91 Å². The first kappa shape index (κ1) is 19.7. The Balaban J connectivity index is 1.63. The number of aliphatic hydroxyl groups is 1. The highest BCUT2D eigenvalue weighted by Gasteiger charge is 2.39. The maximum Gasteiger partial charge on any atom is 0.252 e. The number of carbonyl (C=O) groups excluding carboxylic acids is 1. The average Bonchev–Trinajstić information content (AvgIpc) is 2.62. The van der Waals surface area contributed by atoms with Gasteiger partial charge < -0.3 is 15.7 Å². The first-order chi connectivity index (χ1) is 12.5. The van der Waals surface area contributed by atoms with Crippen LogP contribution in [0.1, 0.15) is 60.9 Å². The average molecular weight is 379 g/mol. The van der Waals surface area contributed by atoms with E-state index in [0.29, 0.717) is 29.0 Å². The highest BCUT2D eigenvalue weighted by Crippen LogP contribution is 2.48. The molecule has 0 spiro atoms. The van der Waals surface area contributed by atoms with Crippen LogP contribution in [0.3, 0.4) is 0 Å². The third-order valence-corrected chi connectivity index (χ3v) is 6.50. The molecule has 0 aromatic heterocycles. The van der Waals surface area contributed by atoms with Crippen LogP contribution in [0, 0.1) is 11.3 Å². The predicted molar refractivity (Wildman–Crippen MR) is 106 cm³/mol. The number of halogens is 1. The molecule has 144 valence electrons. The van der Waals surface area contributed by atoms with Crippen molar-refractivity contribution in [3.05, 3.63) is 34.3 Å². The molecule has 3 rings (SSSR count). The fourth-order valence-electron chi connectivity index (χ4n) is 4.89. The summed E-state index contributed by atoms with van der Waals surface area (Å²) in [5.41, 5.74) is 1.74. The van der Waals surface area contributed by atoms with E-state index in [1.54, 1.807) is 6.07 Å². The highest BCUT2D eigenvalue weighted by molar-refractivity contribution is 6.33. The topological polar surface area (TPSA) is 61.4 Å². The van der Waals surface area contributed by atoms with Gasteiger partial charge in [-0.3, -0.25) is 4.79 Å². The Bertz CT molecular complexity index is 624. The van der Waals surface area contributed by atoms with E-state index in [1.807, 2.05) is 19.2 Å². The number of fused-ring (bicyclic) bond motifs is 2. The minimum absolute atomic E-state index is 0.0953. The molecule has 0 heterocycles. The lowest BCUT2D eigenvalue weighted by Crippen LogP contribution is -2.43. The van der Waals surface area contributed by atoms with Crippen molar-refractivity contribution in [3.63, 3.8) is 0 Å². The lowest BCUT2D eigenvalue weighted by Gasteiger charge is -2.45. The maximum absolute atomic E-state index is 12.8. The largest absolute Gasteiger partial charge is 0.391 e. The summed E-state index contributed by atoms with van der Waals surface area (Å²) in [5.74, 6) is 0.761. The van der Waals surface area contributed by atoms with Gasteiger partial charge in [0.2, 0.25) is 0 Å². The van der Waals surface area contributed by atoms with E-state index in [1.165, 1.54) is 44.9 Å². The molecule has 26 heavy (non-hydrogen) atoms. The Morgan fingerprint density at radius 2 is 2.08 bits per heavy atom. The van der Waals surface area contributed by atoms with Gasteiger partial charge in [-0.1, -0.05) is 43.4 Å². The predicted octanol–water partition coefficient (Wildman–Crippen LogP) is 3.55. The number of rotatable bonds is 7. The van der Waals surface area contributed by atoms with E-state index in [-0.39, 0.29) is 5.91 Å². The summed E-state index contributed by atoms with van der Waals surface area (Å²) in [7, 11) is 1.81. The van der Waals surface area contributed by atoms with Crippen LogP contribution >= 0.6 is 11.6 Å². The van der Waals surface area contributed by atoms with Crippen molar-refractivity contribution >= 4 is 17.5 Å². The van der Waals surface area contributed by atoms with Crippen LogP contribution in [0.15, 0.2) is 18.2 Å². The van der Waals surface area contributed by atoms with Crippen LogP contribution in [-0.4, -0.2) is 37.3 Å². The summed E-state index contributed by atoms with van der Waals surface area (Å²) in [6.45, 7) is 1.28. The third-order valence-electron chi connectivity index (χ3n) is 6.17. The van der Waals surface area contributed by atoms with E-state index in [4.69, 9.17) is 11.6 Å². The molecule has 2 aliphatic carbocycles. The first-order valence-corrected chi connectivity index (χ1v) is 10.3. The molecule has 2 aliphatic rings. The molecule has 1 aromatic carbocycles. The van der Waals surface area contributed by atoms with Crippen molar-refractivity contribution in [1.29, 1.82) is 0 Å². The van der Waals surface area contributed by atoms with Crippen LogP contribution in [0.5, 0.6) is 0 Å². The minimum atomic E-state index is -0.475. The summed E-state index contributed by atoms with van der Waals surface area (Å²) in [4.78, 5) is 12.8. The molecule has 2 fully saturated rings. The fraction of sp³-hybridized carbons (Fsp3) is 0.667. The van der Waals surface area contributed by atoms with Gasteiger partial charge in [0, 0.05) is 13.1 Å². The minimum Gasteiger partial charge on any atom is -0.391 e. The zero-order chi connectivity index (χ0) is 18.6. The quantitative estimate of drug-likeness (QED) is 0.679. The molecular weight excluding hydrogens is 348 g/mol. The van der Waals surface area contributed by atoms with Gasteiger partial charge in [0.1, 0.15) is 0 Å². The van der Waals surface area contributed by atoms with Gasteiger partial charge >= 0.3 is 0 Å². The molecule has 5 heteroatoms. The molecule has 0 unspecified atom stereocenters.